The molecular weight excluding hydrogens is 286 g/mol. The third-order valence-corrected chi connectivity index (χ3v) is 3.85. The minimum atomic E-state index is -0.619. The summed E-state index contributed by atoms with van der Waals surface area (Å²) in [4.78, 5) is 27.6. The van der Waals surface area contributed by atoms with E-state index in [4.69, 9.17) is 16.3 Å². The summed E-state index contributed by atoms with van der Waals surface area (Å²) in [6, 6.07) is 3.36. The van der Waals surface area contributed by atoms with Gasteiger partial charge in [-0.05, 0) is 25.3 Å². The fourth-order valence-corrected chi connectivity index (χ4v) is 2.62. The van der Waals surface area contributed by atoms with Crippen LogP contribution < -0.4 is 5.43 Å². The van der Waals surface area contributed by atoms with Crippen molar-refractivity contribution in [2.24, 2.45) is 0 Å². The number of thioether (sulfide) groups is 1. The zero-order valence-electron chi connectivity index (χ0n) is 10.5. The summed E-state index contributed by atoms with van der Waals surface area (Å²) >= 11 is 7.52. The number of fused-ring (bicyclic) bond motifs is 1. The molecule has 2 rings (SSSR count). The normalized spacial score (nSPS) is 10.7. The maximum Gasteiger partial charge on any atom is 0.343 e. The second-order valence-corrected chi connectivity index (χ2v) is 5.04. The Hall–Kier alpha value is -1.46. The Morgan fingerprint density at radius 2 is 2.21 bits per heavy atom. The minimum absolute atomic E-state index is 0.00345. The molecule has 6 heteroatoms. The predicted octanol–water partition coefficient (Wildman–Crippen LogP) is 3.08. The number of H-pyrrole nitrogens is 1. The van der Waals surface area contributed by atoms with Crippen LogP contribution in [0, 0.1) is 0 Å². The van der Waals surface area contributed by atoms with Crippen LogP contribution in [0.4, 0.5) is 0 Å². The first-order valence-electron chi connectivity index (χ1n) is 5.64. The summed E-state index contributed by atoms with van der Waals surface area (Å²) in [5, 5.41) is 0.999. The number of carbonyl (C=O) groups excluding carboxylic acids is 1. The van der Waals surface area contributed by atoms with Gasteiger partial charge in [-0.2, -0.15) is 0 Å². The lowest BCUT2D eigenvalue weighted by Crippen LogP contribution is -2.18. The van der Waals surface area contributed by atoms with Crippen LogP contribution in [0.25, 0.3) is 10.9 Å². The minimum Gasteiger partial charge on any atom is -0.462 e. The number of rotatable bonds is 3. The Kier molecular flexibility index (Phi) is 4.17. The standard InChI is InChI=1S/C13H12ClNO3S/c1-3-18-13(17)8-6-15-10-5-9(14)11(19-2)4-7(10)12(8)16/h4-6H,3H2,1-2H3,(H,15,16). The van der Waals surface area contributed by atoms with Gasteiger partial charge in [0.25, 0.3) is 0 Å². The van der Waals surface area contributed by atoms with E-state index < -0.39 is 5.97 Å². The molecule has 0 radical (unpaired) electrons. The SMILES string of the molecule is CCOC(=O)c1c[nH]c2cc(Cl)c(SC)cc2c1=O. The molecule has 0 aliphatic rings. The topological polar surface area (TPSA) is 59.2 Å². The van der Waals surface area contributed by atoms with Crippen molar-refractivity contribution in [3.05, 3.63) is 39.1 Å². The van der Waals surface area contributed by atoms with Crippen molar-refractivity contribution in [2.45, 2.75) is 11.8 Å². The highest BCUT2D eigenvalue weighted by Crippen LogP contribution is 2.28. The molecule has 0 aliphatic carbocycles. The first kappa shape index (κ1) is 14.0. The van der Waals surface area contributed by atoms with E-state index in [0.29, 0.717) is 15.9 Å². The number of hydrogen-bond acceptors (Lipinski definition) is 4. The number of benzene rings is 1. The van der Waals surface area contributed by atoms with Crippen LogP contribution in [0.5, 0.6) is 0 Å². The van der Waals surface area contributed by atoms with E-state index >= 15 is 0 Å². The highest BCUT2D eigenvalue weighted by Gasteiger charge is 2.15. The van der Waals surface area contributed by atoms with Gasteiger partial charge in [0, 0.05) is 16.5 Å². The molecule has 100 valence electrons. The van der Waals surface area contributed by atoms with Gasteiger partial charge in [0.15, 0.2) is 0 Å². The summed E-state index contributed by atoms with van der Waals surface area (Å²) in [7, 11) is 0. The van der Waals surface area contributed by atoms with Gasteiger partial charge in [-0.3, -0.25) is 4.79 Å². The predicted molar refractivity (Wildman–Crippen MR) is 77.3 cm³/mol. The highest BCUT2D eigenvalue weighted by atomic mass is 35.5. The van der Waals surface area contributed by atoms with E-state index in [2.05, 4.69) is 4.98 Å². The molecule has 19 heavy (non-hydrogen) atoms. The van der Waals surface area contributed by atoms with Crippen LogP contribution in [-0.4, -0.2) is 23.8 Å². The van der Waals surface area contributed by atoms with Crippen molar-refractivity contribution in [3.63, 3.8) is 0 Å². The molecule has 0 saturated carbocycles. The van der Waals surface area contributed by atoms with Crippen LogP contribution in [0.15, 0.2) is 28.0 Å². The van der Waals surface area contributed by atoms with E-state index in [1.807, 2.05) is 6.26 Å². The first-order chi connectivity index (χ1) is 9.08. The Bertz CT molecular complexity index is 696. The molecular formula is C13H12ClNO3S. The van der Waals surface area contributed by atoms with Crippen LogP contribution in [-0.2, 0) is 4.74 Å². The summed E-state index contributed by atoms with van der Waals surface area (Å²) < 4.78 is 4.85. The van der Waals surface area contributed by atoms with E-state index in [9.17, 15) is 9.59 Å². The van der Waals surface area contributed by atoms with Crippen LogP contribution in [0.1, 0.15) is 17.3 Å². The summed E-state index contributed by atoms with van der Waals surface area (Å²) in [6.07, 6.45) is 3.23. The van der Waals surface area contributed by atoms with E-state index in [0.717, 1.165) is 4.90 Å². The van der Waals surface area contributed by atoms with Crippen molar-refractivity contribution in [2.75, 3.05) is 12.9 Å². The van der Waals surface area contributed by atoms with Gasteiger partial charge in [0.2, 0.25) is 5.43 Å². The maximum atomic E-state index is 12.3. The fourth-order valence-electron chi connectivity index (χ4n) is 1.74. The Balaban J connectivity index is 2.67. The molecule has 1 aromatic carbocycles. The van der Waals surface area contributed by atoms with E-state index in [1.165, 1.54) is 18.0 Å². The number of pyridine rings is 1. The van der Waals surface area contributed by atoms with Gasteiger partial charge >= 0.3 is 5.97 Å². The largest absolute Gasteiger partial charge is 0.462 e. The molecule has 0 saturated heterocycles. The third-order valence-electron chi connectivity index (χ3n) is 2.65. The number of aromatic amines is 1. The smallest absolute Gasteiger partial charge is 0.343 e. The Morgan fingerprint density at radius 1 is 1.47 bits per heavy atom. The number of hydrogen-bond donors (Lipinski definition) is 1. The van der Waals surface area contributed by atoms with E-state index in [-0.39, 0.29) is 17.6 Å². The van der Waals surface area contributed by atoms with Crippen molar-refractivity contribution < 1.29 is 9.53 Å². The zero-order chi connectivity index (χ0) is 14.0. The molecule has 4 nitrogen and oxygen atoms in total. The first-order valence-corrected chi connectivity index (χ1v) is 7.24. The number of nitrogens with one attached hydrogen (secondary N) is 1. The van der Waals surface area contributed by atoms with Crippen molar-refractivity contribution >= 4 is 40.2 Å². The fraction of sp³-hybridized carbons (Fsp3) is 0.231. The summed E-state index contributed by atoms with van der Waals surface area (Å²) in [5.41, 5.74) is 0.253. The lowest BCUT2D eigenvalue weighted by molar-refractivity contribution is 0.0524. The highest BCUT2D eigenvalue weighted by molar-refractivity contribution is 7.98. The number of carbonyl (C=O) groups is 1. The molecule has 0 fully saturated rings. The van der Waals surface area contributed by atoms with Crippen LogP contribution in [0.2, 0.25) is 5.02 Å². The number of aromatic nitrogens is 1. The van der Waals surface area contributed by atoms with Crippen molar-refractivity contribution in [1.29, 1.82) is 0 Å². The molecule has 0 unspecified atom stereocenters. The van der Waals surface area contributed by atoms with Gasteiger partial charge in [0.05, 0.1) is 17.1 Å². The van der Waals surface area contributed by atoms with Gasteiger partial charge < -0.3 is 9.72 Å². The van der Waals surface area contributed by atoms with Gasteiger partial charge in [-0.25, -0.2) is 4.79 Å². The lowest BCUT2D eigenvalue weighted by Gasteiger charge is -2.06. The quantitative estimate of drug-likeness (QED) is 0.698. The lowest BCUT2D eigenvalue weighted by atomic mass is 10.1. The number of halogens is 1. The molecule has 0 amide bonds. The molecule has 0 atom stereocenters. The van der Waals surface area contributed by atoms with Gasteiger partial charge in [0.1, 0.15) is 5.56 Å². The second-order valence-electron chi connectivity index (χ2n) is 3.78. The molecule has 1 heterocycles. The maximum absolute atomic E-state index is 12.3. The van der Waals surface area contributed by atoms with Crippen LogP contribution >= 0.6 is 23.4 Å². The number of esters is 1. The Morgan fingerprint density at radius 3 is 2.84 bits per heavy atom. The molecule has 1 aromatic heterocycles. The number of ether oxygens (including phenoxy) is 1. The third kappa shape index (κ3) is 2.62. The van der Waals surface area contributed by atoms with Crippen LogP contribution in [0.3, 0.4) is 0 Å². The second kappa shape index (κ2) is 5.67. The summed E-state index contributed by atoms with van der Waals surface area (Å²) in [6.45, 7) is 1.92. The average molecular weight is 298 g/mol. The zero-order valence-corrected chi connectivity index (χ0v) is 12.0. The monoisotopic (exact) mass is 297 g/mol. The van der Waals surface area contributed by atoms with Gasteiger partial charge in [-0.15, -0.1) is 11.8 Å². The van der Waals surface area contributed by atoms with Crippen molar-refractivity contribution in [3.8, 4) is 0 Å². The van der Waals surface area contributed by atoms with E-state index in [1.54, 1.807) is 19.1 Å². The average Bonchev–Trinajstić information content (AvgIpc) is 2.38. The summed E-state index contributed by atoms with van der Waals surface area (Å²) in [5.74, 6) is -0.619. The van der Waals surface area contributed by atoms with Gasteiger partial charge in [-0.1, -0.05) is 11.6 Å². The molecule has 0 bridgehead atoms. The Labute approximate surface area is 119 Å². The molecule has 1 N–H and O–H groups in total. The molecule has 2 aromatic rings. The molecule has 0 aliphatic heterocycles. The van der Waals surface area contributed by atoms with Crippen molar-refractivity contribution in [1.82, 2.24) is 4.98 Å². The molecule has 0 spiro atoms.